The smallest absolute Gasteiger partial charge is 0.0972 e. The summed E-state index contributed by atoms with van der Waals surface area (Å²) in [6.45, 7) is 0. The molecule has 0 unspecified atom stereocenters. The van der Waals surface area contributed by atoms with Crippen LogP contribution in [-0.4, -0.2) is 49.8 Å². The normalized spacial score (nSPS) is 11.6. The lowest BCUT2D eigenvalue weighted by Gasteiger charge is -2.10. The topological polar surface area (TPSA) is 129 Å². The molecule has 22 rings (SSSR count). The number of aromatic nitrogens is 10. The first-order valence-electron chi connectivity index (χ1n) is 37.5. The van der Waals surface area contributed by atoms with Gasteiger partial charge < -0.3 is 0 Å². The van der Waals surface area contributed by atoms with Crippen LogP contribution in [0.2, 0.25) is 0 Å². The monoisotopic (exact) mass is 1430 g/mol. The second-order valence-electron chi connectivity index (χ2n) is 28.3. The van der Waals surface area contributed by atoms with E-state index < -0.39 is 0 Å². The fraction of sp³-hybridized carbons (Fsp3) is 0. The summed E-state index contributed by atoms with van der Waals surface area (Å²) in [4.78, 5) is 50.2. The Bertz CT molecular complexity index is 7500. The number of hydrogen-bond donors (Lipinski definition) is 0. The van der Waals surface area contributed by atoms with Gasteiger partial charge in [0, 0.05) is 111 Å². The number of hydrogen-bond acceptors (Lipinski definition) is 10. The molecule has 0 aliphatic rings. The van der Waals surface area contributed by atoms with E-state index in [4.69, 9.17) is 39.9 Å². The summed E-state index contributed by atoms with van der Waals surface area (Å²) in [7, 11) is 0. The van der Waals surface area contributed by atoms with Crippen LogP contribution in [0.4, 0.5) is 0 Å². The fourth-order valence-corrected chi connectivity index (χ4v) is 15.5. The molecule has 10 aromatic heterocycles. The zero-order chi connectivity index (χ0) is 74.0. The maximum Gasteiger partial charge on any atom is 0.0972 e. The standard InChI is InChI=1S/2C51H31N5/c1-2-7-32(8-3-1)43-25-22-35-16-17-36-23-26-45(56-51(36)50(35)55-43)39-10-4-9-37(29-39)38-18-14-33-20-24-44(53-48(33)30-38)40-19-15-34-21-27-47(54-49(34)31-40)42-11-5-13-46-41(42)12-6-28-52-46;1-2-6-33(7-3-1)43-25-22-37-16-17-38-23-26-44(56-51(38)50(37)55-43)34-12-10-32(11-13-34)39-18-14-35-20-24-45(53-48(35)30-39)40-19-15-36-21-27-47(54-49(36)31-40)42-28-29-52-46-9-5-4-8-41(42)46/h2*1-31H. The Morgan fingerprint density at radius 1 is 0.143 bits per heavy atom. The van der Waals surface area contributed by atoms with Gasteiger partial charge in [-0.3, -0.25) is 9.97 Å². The van der Waals surface area contributed by atoms with Crippen LogP contribution in [0.3, 0.4) is 0 Å². The average molecular weight is 1430 g/mol. The summed E-state index contributed by atoms with van der Waals surface area (Å²) in [6, 6.07) is 126. The number of nitrogens with zero attached hydrogens (tertiary/aromatic N) is 10. The predicted octanol–water partition coefficient (Wildman–Crippen LogP) is 25.5. The van der Waals surface area contributed by atoms with Gasteiger partial charge >= 0.3 is 0 Å². The van der Waals surface area contributed by atoms with E-state index in [2.05, 4.69) is 295 Å². The Kier molecular flexibility index (Phi) is 16.0. The van der Waals surface area contributed by atoms with Crippen molar-refractivity contribution in [3.63, 3.8) is 0 Å². The van der Waals surface area contributed by atoms with Gasteiger partial charge in [-0.05, 0) is 125 Å². The molecule has 10 heterocycles. The number of pyridine rings is 10. The Balaban J connectivity index is 0.000000141. The lowest BCUT2D eigenvalue weighted by atomic mass is 9.99. The van der Waals surface area contributed by atoms with E-state index in [-0.39, 0.29) is 0 Å². The Morgan fingerprint density at radius 2 is 0.429 bits per heavy atom. The van der Waals surface area contributed by atoms with E-state index in [1.165, 1.54) is 0 Å². The molecule has 0 bridgehead atoms. The Hall–Kier alpha value is -15.3. The molecule has 0 saturated carbocycles. The minimum atomic E-state index is 0.900. The van der Waals surface area contributed by atoms with Gasteiger partial charge in [-0.1, -0.05) is 261 Å². The van der Waals surface area contributed by atoms with E-state index >= 15 is 0 Å². The summed E-state index contributed by atoms with van der Waals surface area (Å²) < 4.78 is 0. The van der Waals surface area contributed by atoms with Crippen LogP contribution in [0.1, 0.15) is 0 Å². The van der Waals surface area contributed by atoms with E-state index in [1.807, 2.05) is 91.3 Å². The van der Waals surface area contributed by atoms with Crippen LogP contribution < -0.4 is 0 Å². The minimum absolute atomic E-state index is 0.900. The summed E-state index contributed by atoms with van der Waals surface area (Å²) in [5.41, 5.74) is 29.6. The molecule has 0 amide bonds. The van der Waals surface area contributed by atoms with E-state index in [1.54, 1.807) is 0 Å². The summed E-state index contributed by atoms with van der Waals surface area (Å²) in [5, 5.41) is 10.8. The van der Waals surface area contributed by atoms with Crippen molar-refractivity contribution in [1.82, 2.24) is 49.8 Å². The van der Waals surface area contributed by atoms with Crippen LogP contribution in [0.25, 0.3) is 221 Å². The molecule has 10 nitrogen and oxygen atoms in total. The molecule has 0 aliphatic heterocycles. The molecule has 520 valence electrons. The van der Waals surface area contributed by atoms with Crippen LogP contribution in [-0.2, 0) is 0 Å². The quantitative estimate of drug-likeness (QED) is 0.122. The third kappa shape index (κ3) is 12.2. The highest BCUT2D eigenvalue weighted by Crippen LogP contribution is 2.38. The molecule has 0 saturated heterocycles. The summed E-state index contributed by atoms with van der Waals surface area (Å²) >= 11 is 0. The molecule has 0 fully saturated rings. The molecule has 12 aromatic carbocycles. The molecule has 0 N–H and O–H groups in total. The van der Waals surface area contributed by atoms with Gasteiger partial charge in [-0.25, -0.2) is 39.9 Å². The van der Waals surface area contributed by atoms with Gasteiger partial charge in [0.15, 0.2) is 0 Å². The molecular formula is C102H62N10. The van der Waals surface area contributed by atoms with Crippen LogP contribution in [0, 0.1) is 0 Å². The third-order valence-electron chi connectivity index (χ3n) is 21.4. The second-order valence-corrected chi connectivity index (χ2v) is 28.3. The van der Waals surface area contributed by atoms with Crippen molar-refractivity contribution in [2.45, 2.75) is 0 Å². The molecule has 0 atom stereocenters. The van der Waals surface area contributed by atoms with Gasteiger partial charge in [0.2, 0.25) is 0 Å². The Morgan fingerprint density at radius 3 is 0.929 bits per heavy atom. The summed E-state index contributed by atoms with van der Waals surface area (Å²) in [5.74, 6) is 0. The predicted molar refractivity (Wildman–Crippen MR) is 460 cm³/mol. The third-order valence-corrected chi connectivity index (χ3v) is 21.4. The minimum Gasteiger partial charge on any atom is -0.256 e. The molecule has 0 aliphatic carbocycles. The van der Waals surface area contributed by atoms with Gasteiger partial charge in [0.25, 0.3) is 0 Å². The van der Waals surface area contributed by atoms with Crippen molar-refractivity contribution in [3.05, 3.63) is 376 Å². The van der Waals surface area contributed by atoms with E-state index in [9.17, 15) is 0 Å². The van der Waals surface area contributed by atoms with Crippen molar-refractivity contribution < 1.29 is 0 Å². The van der Waals surface area contributed by atoms with Crippen molar-refractivity contribution in [1.29, 1.82) is 0 Å². The highest BCUT2D eigenvalue weighted by molar-refractivity contribution is 6.06. The van der Waals surface area contributed by atoms with E-state index in [0.717, 1.165) is 221 Å². The number of fused-ring (bicyclic) bond motifs is 12. The van der Waals surface area contributed by atoms with Gasteiger partial charge in [0.1, 0.15) is 0 Å². The lowest BCUT2D eigenvalue weighted by Crippen LogP contribution is -1.91. The highest BCUT2D eigenvalue weighted by atomic mass is 14.8. The largest absolute Gasteiger partial charge is 0.256 e. The van der Waals surface area contributed by atoms with Crippen molar-refractivity contribution in [2.75, 3.05) is 0 Å². The van der Waals surface area contributed by atoms with Gasteiger partial charge in [-0.2, -0.15) is 0 Å². The fourth-order valence-electron chi connectivity index (χ4n) is 15.5. The van der Waals surface area contributed by atoms with Crippen molar-refractivity contribution >= 4 is 109 Å². The molecule has 22 aromatic rings. The number of rotatable bonds is 10. The first-order chi connectivity index (χ1) is 55.4. The average Bonchev–Trinajstić information content (AvgIpc) is 0.765. The van der Waals surface area contributed by atoms with E-state index in [0.29, 0.717) is 0 Å². The number of para-hydroxylation sites is 1. The molecule has 112 heavy (non-hydrogen) atoms. The van der Waals surface area contributed by atoms with Crippen molar-refractivity contribution in [3.8, 4) is 112 Å². The molecule has 0 radical (unpaired) electrons. The van der Waals surface area contributed by atoms with Crippen molar-refractivity contribution in [2.24, 2.45) is 0 Å². The number of benzene rings is 12. The molecule has 10 heteroatoms. The first-order valence-corrected chi connectivity index (χ1v) is 37.5. The Labute approximate surface area is 643 Å². The maximum atomic E-state index is 5.21. The molecule has 0 spiro atoms. The van der Waals surface area contributed by atoms with Gasteiger partial charge in [0.05, 0.1) is 101 Å². The highest BCUT2D eigenvalue weighted by Gasteiger charge is 2.17. The van der Waals surface area contributed by atoms with Gasteiger partial charge in [-0.15, -0.1) is 0 Å². The van der Waals surface area contributed by atoms with Crippen LogP contribution in [0.5, 0.6) is 0 Å². The lowest BCUT2D eigenvalue weighted by molar-refractivity contribution is 1.36. The van der Waals surface area contributed by atoms with Crippen LogP contribution in [0.15, 0.2) is 376 Å². The molecular weight excluding hydrogens is 1370 g/mol. The second kappa shape index (κ2) is 27.5. The zero-order valence-electron chi connectivity index (χ0n) is 60.3. The SMILES string of the molecule is c1ccc(-c2ccc3ccc4ccc(-c5ccc(-c6ccc7ccc(-c8ccc9ccc(-c%10ccnc%11ccccc%10%11)nc9c8)nc7c6)cc5)nc4c3n2)cc1.c1ccc(-c2ccc3ccc4ccc(-c5cccc(-c6ccc7ccc(-c8ccc9ccc(-c%10cccc%11ncccc%10%11)nc9c8)nc7c6)c5)nc4c3n2)cc1. The maximum absolute atomic E-state index is 5.21. The summed E-state index contributed by atoms with van der Waals surface area (Å²) in [6.07, 6.45) is 3.68. The van der Waals surface area contributed by atoms with Crippen LogP contribution >= 0.6 is 0 Å². The first kappa shape index (κ1) is 65.1. The zero-order valence-corrected chi connectivity index (χ0v) is 60.3.